The Morgan fingerprint density at radius 1 is 1.23 bits per heavy atom. The lowest BCUT2D eigenvalue weighted by Gasteiger charge is -2.15. The number of benzene rings is 1. The molecule has 0 amide bonds. The first-order chi connectivity index (χ1) is 9.63. The Bertz CT molecular complexity index is 600. The normalized spacial score (nSPS) is 21.2. The summed E-state index contributed by atoms with van der Waals surface area (Å²) >= 11 is 1.31. The van der Waals surface area contributed by atoms with Gasteiger partial charge in [-0.1, -0.05) is 10.6 Å². The number of rotatable bonds is 3. The molecule has 2 N–H and O–H groups in total. The molecule has 1 aromatic heterocycles. The van der Waals surface area contributed by atoms with Crippen molar-refractivity contribution in [2.45, 2.75) is 18.5 Å². The Kier molecular flexibility index (Phi) is 7.08. The zero-order valence-corrected chi connectivity index (χ0v) is 13.9. The molecule has 2 heterocycles. The van der Waals surface area contributed by atoms with Crippen LogP contribution in [0.3, 0.4) is 0 Å². The third kappa shape index (κ3) is 4.11. The molecule has 2 atom stereocenters. The molecule has 0 bridgehead atoms. The van der Waals surface area contributed by atoms with Gasteiger partial charge in [0.2, 0.25) is 0 Å². The number of hydrogen-bond donors (Lipinski definition) is 1. The van der Waals surface area contributed by atoms with Crippen molar-refractivity contribution in [3.63, 3.8) is 0 Å². The summed E-state index contributed by atoms with van der Waals surface area (Å²) in [6.07, 6.45) is 0. The van der Waals surface area contributed by atoms with E-state index in [2.05, 4.69) is 14.5 Å². The highest BCUT2D eigenvalue weighted by Gasteiger charge is 2.31. The second-order valence-electron chi connectivity index (χ2n) is 5.03. The number of nitrogens with two attached hydrogens (primary N) is 1. The second-order valence-corrected chi connectivity index (χ2v) is 5.64. The monoisotopic (exact) mass is 368 g/mol. The smallest absolute Gasteiger partial charge is 0.159 e. The molecule has 1 aliphatic rings. The Balaban J connectivity index is 0.00000121. The maximum atomic E-state index is 13.3. The molecule has 1 fully saturated rings. The van der Waals surface area contributed by atoms with E-state index in [0.717, 1.165) is 17.3 Å². The van der Waals surface area contributed by atoms with Crippen molar-refractivity contribution < 1.29 is 8.78 Å². The quantitative estimate of drug-likeness (QED) is 0.904. The highest BCUT2D eigenvalue weighted by Crippen LogP contribution is 2.28. The summed E-state index contributed by atoms with van der Waals surface area (Å²) in [5.41, 5.74) is 7.78. The molecule has 2 aromatic rings. The van der Waals surface area contributed by atoms with Crippen molar-refractivity contribution in [3.05, 3.63) is 46.5 Å². The number of hydrogen-bond acceptors (Lipinski definition) is 5. The van der Waals surface area contributed by atoms with Gasteiger partial charge in [0, 0.05) is 37.0 Å². The minimum Gasteiger partial charge on any atom is -0.326 e. The Morgan fingerprint density at radius 3 is 2.64 bits per heavy atom. The maximum Gasteiger partial charge on any atom is 0.159 e. The lowest BCUT2D eigenvalue weighted by molar-refractivity contribution is 0.319. The first kappa shape index (κ1) is 19.2. The van der Waals surface area contributed by atoms with Gasteiger partial charge < -0.3 is 5.73 Å². The summed E-state index contributed by atoms with van der Waals surface area (Å²) in [4.78, 5) is 2.16. The standard InChI is InChI=1S/C13H14F2N4S.2ClH/c14-11-2-1-8(3-12(11)15)10-5-19(6-13(10)16)4-9-7-20-18-17-9;;/h1-3,7,10,13H,4-6,16H2;2*1H/t10-,13+;;/m0../s1. The topological polar surface area (TPSA) is 55.0 Å². The first-order valence-corrected chi connectivity index (χ1v) is 7.16. The highest BCUT2D eigenvalue weighted by molar-refractivity contribution is 7.03. The fraction of sp³-hybridized carbons (Fsp3) is 0.385. The van der Waals surface area contributed by atoms with Crippen LogP contribution in [0.5, 0.6) is 0 Å². The van der Waals surface area contributed by atoms with E-state index in [4.69, 9.17) is 5.73 Å². The number of nitrogens with zero attached hydrogens (tertiary/aromatic N) is 3. The molecule has 0 saturated carbocycles. The van der Waals surface area contributed by atoms with Gasteiger partial charge >= 0.3 is 0 Å². The summed E-state index contributed by atoms with van der Waals surface area (Å²) in [7, 11) is 0. The minimum absolute atomic E-state index is 0. The van der Waals surface area contributed by atoms with Crippen LogP contribution in [0.15, 0.2) is 23.6 Å². The van der Waals surface area contributed by atoms with Crippen molar-refractivity contribution in [1.29, 1.82) is 0 Å². The van der Waals surface area contributed by atoms with Crippen molar-refractivity contribution in [2.75, 3.05) is 13.1 Å². The van der Waals surface area contributed by atoms with Gasteiger partial charge in [0.1, 0.15) is 0 Å². The summed E-state index contributed by atoms with van der Waals surface area (Å²) < 4.78 is 30.1. The molecular formula is C13H16Cl2F2N4S. The zero-order valence-electron chi connectivity index (χ0n) is 11.5. The van der Waals surface area contributed by atoms with Crippen LogP contribution in [0.4, 0.5) is 8.78 Å². The van der Waals surface area contributed by atoms with Crippen molar-refractivity contribution >= 4 is 36.3 Å². The van der Waals surface area contributed by atoms with Gasteiger partial charge in [-0.05, 0) is 29.2 Å². The molecule has 0 radical (unpaired) electrons. The van der Waals surface area contributed by atoms with Crippen LogP contribution >= 0.6 is 36.3 Å². The van der Waals surface area contributed by atoms with Gasteiger partial charge in [-0.15, -0.1) is 29.9 Å². The maximum absolute atomic E-state index is 13.3. The SMILES string of the molecule is Cl.Cl.N[C@@H]1CN(Cc2csnn2)C[C@H]1c1ccc(F)c(F)c1. The second kappa shape index (κ2) is 8.12. The molecule has 122 valence electrons. The van der Waals surface area contributed by atoms with Crippen molar-refractivity contribution in [1.82, 2.24) is 14.5 Å². The number of aromatic nitrogens is 2. The summed E-state index contributed by atoms with van der Waals surface area (Å²) in [6, 6.07) is 3.92. The predicted molar refractivity (Wildman–Crippen MR) is 86.8 cm³/mol. The van der Waals surface area contributed by atoms with Crippen LogP contribution in [-0.4, -0.2) is 33.6 Å². The molecule has 0 spiro atoms. The summed E-state index contributed by atoms with van der Waals surface area (Å²) in [5, 5.41) is 5.90. The van der Waals surface area contributed by atoms with Crippen LogP contribution in [0.2, 0.25) is 0 Å². The van der Waals surface area contributed by atoms with Crippen LogP contribution < -0.4 is 5.73 Å². The van der Waals surface area contributed by atoms with E-state index in [9.17, 15) is 8.78 Å². The summed E-state index contributed by atoms with van der Waals surface area (Å²) in [5.74, 6) is -1.64. The predicted octanol–water partition coefficient (Wildman–Crippen LogP) is 2.59. The van der Waals surface area contributed by atoms with E-state index < -0.39 is 11.6 Å². The van der Waals surface area contributed by atoms with Crippen LogP contribution in [0.25, 0.3) is 0 Å². The molecule has 4 nitrogen and oxygen atoms in total. The number of likely N-dealkylation sites (tertiary alicyclic amines) is 1. The van der Waals surface area contributed by atoms with E-state index in [0.29, 0.717) is 19.6 Å². The molecule has 1 saturated heterocycles. The fourth-order valence-electron chi connectivity index (χ4n) is 2.62. The van der Waals surface area contributed by atoms with Crippen molar-refractivity contribution in [2.24, 2.45) is 5.73 Å². The number of halogens is 4. The van der Waals surface area contributed by atoms with Gasteiger partial charge in [-0.2, -0.15) is 0 Å². The molecule has 1 aliphatic heterocycles. The van der Waals surface area contributed by atoms with Crippen LogP contribution in [-0.2, 0) is 6.54 Å². The third-order valence-corrected chi connectivity index (χ3v) is 4.16. The van der Waals surface area contributed by atoms with E-state index in [1.54, 1.807) is 6.07 Å². The van der Waals surface area contributed by atoms with E-state index in [1.807, 2.05) is 5.38 Å². The van der Waals surface area contributed by atoms with E-state index >= 15 is 0 Å². The Hall–Kier alpha value is -0.860. The lowest BCUT2D eigenvalue weighted by atomic mass is 9.95. The van der Waals surface area contributed by atoms with Gasteiger partial charge in [0.25, 0.3) is 0 Å². The largest absolute Gasteiger partial charge is 0.326 e. The zero-order chi connectivity index (χ0) is 14.1. The molecular weight excluding hydrogens is 353 g/mol. The van der Waals surface area contributed by atoms with Crippen LogP contribution in [0, 0.1) is 11.6 Å². The van der Waals surface area contributed by atoms with Gasteiger partial charge in [-0.25, -0.2) is 8.78 Å². The van der Waals surface area contributed by atoms with Gasteiger partial charge in [-0.3, -0.25) is 4.90 Å². The summed E-state index contributed by atoms with van der Waals surface area (Å²) in [6.45, 7) is 2.11. The average molecular weight is 369 g/mol. The van der Waals surface area contributed by atoms with Gasteiger partial charge in [0.05, 0.1) is 5.69 Å². The van der Waals surface area contributed by atoms with Gasteiger partial charge in [0.15, 0.2) is 11.6 Å². The fourth-order valence-corrected chi connectivity index (χ4v) is 3.06. The molecule has 1 aromatic carbocycles. The van der Waals surface area contributed by atoms with E-state index in [1.165, 1.54) is 17.6 Å². The molecule has 0 aliphatic carbocycles. The first-order valence-electron chi connectivity index (χ1n) is 6.32. The van der Waals surface area contributed by atoms with Crippen molar-refractivity contribution in [3.8, 4) is 0 Å². The lowest BCUT2D eigenvalue weighted by Crippen LogP contribution is -2.28. The molecule has 9 heteroatoms. The highest BCUT2D eigenvalue weighted by atomic mass is 35.5. The van der Waals surface area contributed by atoms with Crippen LogP contribution in [0.1, 0.15) is 17.2 Å². The third-order valence-electron chi connectivity index (χ3n) is 3.60. The Labute approximate surface area is 143 Å². The Morgan fingerprint density at radius 2 is 2.00 bits per heavy atom. The average Bonchev–Trinajstić information content (AvgIpc) is 3.03. The van der Waals surface area contributed by atoms with E-state index in [-0.39, 0.29) is 36.8 Å². The molecule has 0 unspecified atom stereocenters. The molecule has 3 rings (SSSR count). The molecule has 22 heavy (non-hydrogen) atoms. The minimum atomic E-state index is -0.828.